The van der Waals surface area contributed by atoms with Gasteiger partial charge in [-0.1, -0.05) is 116 Å². The fourth-order valence-corrected chi connectivity index (χ4v) is 12.4. The first-order chi connectivity index (χ1) is 45.1. The van der Waals surface area contributed by atoms with Gasteiger partial charge in [-0.05, 0) is 98.6 Å². The lowest BCUT2D eigenvalue weighted by molar-refractivity contribution is -0.148. The largest absolute Gasteiger partial charge is 0.445 e. The molecular weight excluding hydrogens is 1220 g/mol. The number of fused-ring (bicyclic) bond motifs is 1. The molecule has 1 aliphatic rings. The minimum Gasteiger partial charge on any atom is -0.445 e. The summed E-state index contributed by atoms with van der Waals surface area (Å²) in [5, 5.41) is 28.6. The molecule has 25 heteroatoms. The number of nitrogens with zero attached hydrogens (tertiary/aromatic N) is 3. The Labute approximate surface area is 558 Å². The number of anilines is 1. The number of rotatable bonds is 37. The summed E-state index contributed by atoms with van der Waals surface area (Å²) in [5.74, 6) is -5.06. The Morgan fingerprint density at radius 2 is 1.42 bits per heavy atom. The molecule has 10 N–H and O–H groups in total. The number of carbonyl (C=O) groups excluding carboxylic acids is 10. The van der Waals surface area contributed by atoms with Crippen molar-refractivity contribution < 1.29 is 67.3 Å². The summed E-state index contributed by atoms with van der Waals surface area (Å²) in [7, 11) is 6.09. The minimum atomic E-state index is -1.15. The molecule has 0 radical (unpaired) electrons. The second-order valence-corrected chi connectivity index (χ2v) is 25.7. The maximum atomic E-state index is 14.8. The molecule has 0 saturated carbocycles. The molecule has 25 nitrogen and oxygen atoms in total. The van der Waals surface area contributed by atoms with Crippen LogP contribution in [0.3, 0.4) is 0 Å². The number of H-pyrrole nitrogens is 1. The Bertz CT molecular complexity index is 3200. The molecule has 12 atom stereocenters. The van der Waals surface area contributed by atoms with E-state index in [2.05, 4.69) is 36.9 Å². The highest BCUT2D eigenvalue weighted by molar-refractivity contribution is 5.99. The van der Waals surface area contributed by atoms with Gasteiger partial charge in [0.05, 0.1) is 48.8 Å². The van der Waals surface area contributed by atoms with Crippen molar-refractivity contribution in [2.75, 3.05) is 46.7 Å². The summed E-state index contributed by atoms with van der Waals surface area (Å²) in [6, 6.07) is 16.1. The zero-order chi connectivity index (χ0) is 70.2. The number of aromatic amines is 1. The lowest BCUT2D eigenvalue weighted by Crippen LogP contribution is -2.60. The molecule has 0 bridgehead atoms. The SMILES string of the molecule is CC[C@H](C)[C@@H]([C@@H](CC(=O)N1CCC[C@H]1[C@H](OC)[C@@H](C)C(=O)N[C@H](C)[C@@H](O)c1ccccc1)OC)N(C)C(=O)[C@@H](NC(=O)[C@H](C(C)C)N(C)C(=O)OCc1ccc(NC(=O)C(CCCNC(N)=O)NC(=O)[C@H](Cc2c[nH]c3ccccc23)NC(=O)CCCC(C)=O)cc1)C(C)C. The van der Waals surface area contributed by atoms with Crippen LogP contribution in [0.4, 0.5) is 15.3 Å². The van der Waals surface area contributed by atoms with E-state index >= 15 is 0 Å². The van der Waals surface area contributed by atoms with Crippen LogP contribution >= 0.6 is 0 Å². The number of aliphatic hydroxyl groups is 1. The molecule has 10 amide bonds. The number of hydrogen-bond donors (Lipinski definition) is 9. The van der Waals surface area contributed by atoms with Crippen molar-refractivity contribution in [2.24, 2.45) is 29.4 Å². The number of benzene rings is 3. The Morgan fingerprint density at radius 3 is 2.04 bits per heavy atom. The third kappa shape index (κ3) is 22.3. The Kier molecular flexibility index (Phi) is 30.6. The number of carbonyl (C=O) groups is 10. The van der Waals surface area contributed by atoms with Crippen LogP contribution in [0.2, 0.25) is 0 Å². The molecule has 1 fully saturated rings. The number of nitrogens with one attached hydrogen (secondary N) is 7. The standard InChI is InChI=1S/C70H103N11O14/c1-14-43(6)61(56(93-12)38-58(84)81-36-22-29-55(81)63(94-13)45(8)64(86)74-46(9)62(85)48-24-16-15-17-25-48)79(10)68(90)59(41(2)3)78-67(89)60(42(4)5)80(11)70(92)95-40-47-31-33-50(34-32-47)75-65(87)53(28-21-35-72-69(71)91)77-66(88)54(76-57(83)30-20-23-44(7)82)37-49-39-73-52-27-19-18-26-51(49)52/h15-19,24-27,31-34,39,41-43,45-46,53-56,59-63,73,85H,14,20-23,28-30,35-38,40H2,1-13H3,(H,74,86)(H,75,87)(H,76,83)(H,77,88)(H,78,89)(H3,71,72,91)/t43-,45+,46+,53?,54-,55-,56+,59-,60-,61-,62+,63+/m0/s1. The first-order valence-corrected chi connectivity index (χ1v) is 33.0. The number of ketones is 1. The van der Waals surface area contributed by atoms with Crippen molar-refractivity contribution >= 4 is 75.8 Å². The third-order valence-electron chi connectivity index (χ3n) is 17.9. The quantitative estimate of drug-likeness (QED) is 0.0220. The van der Waals surface area contributed by atoms with Gasteiger partial charge in [0, 0.05) is 83.5 Å². The third-order valence-corrected chi connectivity index (χ3v) is 17.9. The van der Waals surface area contributed by atoms with E-state index in [0.29, 0.717) is 49.0 Å². The Morgan fingerprint density at radius 1 is 0.747 bits per heavy atom. The maximum absolute atomic E-state index is 14.8. The zero-order valence-corrected chi connectivity index (χ0v) is 57.5. The van der Waals surface area contributed by atoms with Gasteiger partial charge in [-0.25, -0.2) is 9.59 Å². The highest BCUT2D eigenvalue weighted by Crippen LogP contribution is 2.31. The van der Waals surface area contributed by atoms with Gasteiger partial charge in [-0.2, -0.15) is 0 Å². The first kappa shape index (κ1) is 77.3. The molecule has 3 aromatic carbocycles. The fraction of sp³-hybridized carbons (Fsp3) is 0.571. The summed E-state index contributed by atoms with van der Waals surface area (Å²) in [6.07, 6.45) is 1.22. The van der Waals surface area contributed by atoms with Gasteiger partial charge in [0.1, 0.15) is 36.6 Å². The normalized spacial score (nSPS) is 16.5. The summed E-state index contributed by atoms with van der Waals surface area (Å²) in [6.45, 7) is 16.3. The van der Waals surface area contributed by atoms with Gasteiger partial charge in [-0.3, -0.25) is 38.5 Å². The van der Waals surface area contributed by atoms with Crippen LogP contribution in [0.5, 0.6) is 0 Å². The molecule has 0 spiro atoms. The molecule has 0 aliphatic carbocycles. The van der Waals surface area contributed by atoms with E-state index in [1.54, 1.807) is 101 Å². The smallest absolute Gasteiger partial charge is 0.410 e. The molecule has 1 unspecified atom stereocenters. The van der Waals surface area contributed by atoms with E-state index in [-0.39, 0.29) is 75.2 Å². The molecule has 1 aliphatic heterocycles. The number of aliphatic hydroxyl groups excluding tert-OH is 1. The van der Waals surface area contributed by atoms with Crippen LogP contribution in [-0.4, -0.2) is 180 Å². The lowest BCUT2D eigenvalue weighted by atomic mass is 9.89. The lowest BCUT2D eigenvalue weighted by Gasteiger charge is -2.41. The van der Waals surface area contributed by atoms with E-state index in [9.17, 15) is 53.1 Å². The number of urea groups is 1. The van der Waals surface area contributed by atoms with Crippen molar-refractivity contribution in [1.82, 2.24) is 46.3 Å². The average molecular weight is 1320 g/mol. The number of amides is 10. The molecular formula is C70H103N11O14. The van der Waals surface area contributed by atoms with Crippen molar-refractivity contribution in [3.05, 3.63) is 102 Å². The van der Waals surface area contributed by atoms with Gasteiger partial charge in [0.2, 0.25) is 41.4 Å². The highest BCUT2D eigenvalue weighted by Gasteiger charge is 2.44. The van der Waals surface area contributed by atoms with Gasteiger partial charge >= 0.3 is 12.1 Å². The number of likely N-dealkylation sites (N-methyl/N-ethyl adjacent to an activating group) is 2. The number of nitrogens with two attached hydrogens (primary N) is 1. The summed E-state index contributed by atoms with van der Waals surface area (Å²) < 4.78 is 17.8. The highest BCUT2D eigenvalue weighted by atomic mass is 16.6. The van der Waals surface area contributed by atoms with Crippen LogP contribution in [0, 0.1) is 23.7 Å². The van der Waals surface area contributed by atoms with Gasteiger partial charge in [0.25, 0.3) is 0 Å². The van der Waals surface area contributed by atoms with E-state index < -0.39 is 120 Å². The number of para-hydroxylation sites is 1. The van der Waals surface area contributed by atoms with Crippen LogP contribution in [0.15, 0.2) is 85.1 Å². The molecule has 1 aromatic heterocycles. The summed E-state index contributed by atoms with van der Waals surface area (Å²) >= 11 is 0. The number of aromatic nitrogens is 1. The van der Waals surface area contributed by atoms with Crippen molar-refractivity contribution in [3.8, 4) is 0 Å². The van der Waals surface area contributed by atoms with Crippen molar-refractivity contribution in [1.29, 1.82) is 0 Å². The molecule has 1 saturated heterocycles. The number of ether oxygens (including phenoxy) is 3. The van der Waals surface area contributed by atoms with Gasteiger partial charge < -0.3 is 76.5 Å². The van der Waals surface area contributed by atoms with E-state index in [0.717, 1.165) is 16.5 Å². The number of Topliss-reactive ketones (excluding diaryl/α,β-unsaturated/α-hetero) is 1. The predicted octanol–water partition coefficient (Wildman–Crippen LogP) is 6.42. The topological polar surface area (TPSA) is 342 Å². The fourth-order valence-electron chi connectivity index (χ4n) is 12.4. The summed E-state index contributed by atoms with van der Waals surface area (Å²) in [4.78, 5) is 143. The maximum Gasteiger partial charge on any atom is 0.410 e. The van der Waals surface area contributed by atoms with Crippen molar-refractivity contribution in [3.63, 3.8) is 0 Å². The number of primary amides is 1. The predicted molar refractivity (Wildman–Crippen MR) is 361 cm³/mol. The van der Waals surface area contributed by atoms with Crippen LogP contribution in [-0.2, 0) is 65.6 Å². The monoisotopic (exact) mass is 1320 g/mol. The summed E-state index contributed by atoms with van der Waals surface area (Å²) in [5.41, 5.74) is 8.39. The number of hydrogen-bond acceptors (Lipinski definition) is 14. The van der Waals surface area contributed by atoms with E-state index in [4.69, 9.17) is 19.9 Å². The Balaban J connectivity index is 1.22. The van der Waals surface area contributed by atoms with Crippen LogP contribution in [0.25, 0.3) is 10.9 Å². The Hall–Kier alpha value is -8.42. The van der Waals surface area contributed by atoms with E-state index in [1.165, 1.54) is 33.1 Å². The van der Waals surface area contributed by atoms with Gasteiger partial charge in [-0.15, -0.1) is 0 Å². The number of likely N-dealkylation sites (tertiary alicyclic amines) is 1. The molecule has 4 aromatic rings. The minimum absolute atomic E-state index is 0.00315. The van der Waals surface area contributed by atoms with Crippen molar-refractivity contribution in [2.45, 2.75) is 194 Å². The van der Waals surface area contributed by atoms with E-state index in [1.807, 2.05) is 56.3 Å². The number of methoxy groups -OCH3 is 2. The van der Waals surface area contributed by atoms with Crippen LogP contribution in [0.1, 0.15) is 143 Å². The molecule has 2 heterocycles. The van der Waals surface area contributed by atoms with Crippen LogP contribution < -0.4 is 37.6 Å². The average Bonchev–Trinajstić information content (AvgIpc) is 1.79. The molecule has 522 valence electrons. The zero-order valence-electron chi connectivity index (χ0n) is 57.5. The van der Waals surface area contributed by atoms with Gasteiger partial charge in [0.15, 0.2) is 0 Å². The first-order valence-electron chi connectivity index (χ1n) is 33.0. The molecule has 95 heavy (non-hydrogen) atoms. The second kappa shape index (κ2) is 37.6. The second-order valence-electron chi connectivity index (χ2n) is 25.7. The molecule has 5 rings (SSSR count).